The minimum absolute atomic E-state index is 0.0833. The van der Waals surface area contributed by atoms with Crippen molar-refractivity contribution in [1.82, 2.24) is 27.1 Å². The van der Waals surface area contributed by atoms with Gasteiger partial charge in [-0.2, -0.15) is 33.2 Å². The molecule has 0 amide bonds. The number of aliphatic hydroxyl groups is 1. The van der Waals surface area contributed by atoms with Crippen LogP contribution in [-0.2, 0) is 22.2 Å². The zero-order valence-corrected chi connectivity index (χ0v) is 16.2. The Bertz CT molecular complexity index is 211. The topological polar surface area (TPSA) is 159 Å². The molecule has 24 heavy (non-hydrogen) atoms. The molecule has 1 saturated carbocycles. The van der Waals surface area contributed by atoms with Gasteiger partial charge in [0.2, 0.25) is 0 Å². The van der Waals surface area contributed by atoms with Crippen LogP contribution in [0.4, 0.5) is 0 Å². The summed E-state index contributed by atoms with van der Waals surface area (Å²) >= 11 is 6.91. The Hall–Kier alpha value is 0.400. The summed E-state index contributed by atoms with van der Waals surface area (Å²) in [5.41, 5.74) is 10.6. The molecule has 1 aliphatic carbocycles. The second-order valence-corrected chi connectivity index (χ2v) is 7.20. The van der Waals surface area contributed by atoms with Gasteiger partial charge >= 0.3 is 0 Å². The van der Waals surface area contributed by atoms with Gasteiger partial charge in [0.25, 0.3) is 0 Å². The van der Waals surface area contributed by atoms with E-state index in [0.717, 1.165) is 39.4 Å². The van der Waals surface area contributed by atoms with Crippen molar-refractivity contribution in [1.29, 1.82) is 0 Å². The summed E-state index contributed by atoms with van der Waals surface area (Å²) in [5, 5.41) is 12.5. The highest BCUT2D eigenvalue weighted by atomic mass is 32.2. The second kappa shape index (κ2) is 21.4. The van der Waals surface area contributed by atoms with Gasteiger partial charge in [-0.25, -0.2) is 16.3 Å². The Morgan fingerprint density at radius 1 is 0.958 bits per heavy atom. The van der Waals surface area contributed by atoms with Crippen molar-refractivity contribution in [2.45, 2.75) is 18.9 Å². The van der Waals surface area contributed by atoms with E-state index >= 15 is 0 Å². The van der Waals surface area contributed by atoms with Gasteiger partial charge in [0.15, 0.2) is 12.5 Å². The van der Waals surface area contributed by atoms with E-state index in [0.29, 0.717) is 0 Å². The van der Waals surface area contributed by atoms with Crippen molar-refractivity contribution < 1.29 is 19.0 Å². The van der Waals surface area contributed by atoms with Gasteiger partial charge in [-0.1, -0.05) is 0 Å². The van der Waals surface area contributed by atoms with Crippen molar-refractivity contribution in [3.8, 4) is 0 Å². The summed E-state index contributed by atoms with van der Waals surface area (Å²) in [7, 11) is 0. The van der Waals surface area contributed by atoms with Crippen molar-refractivity contribution in [3.63, 3.8) is 0 Å². The molecule has 5 aliphatic heterocycles. The Morgan fingerprint density at radius 3 is 1.33 bits per heavy atom. The monoisotopic (exact) mass is 403 g/mol. The van der Waals surface area contributed by atoms with Crippen molar-refractivity contribution >= 4 is 36.1 Å². The van der Waals surface area contributed by atoms with Crippen LogP contribution in [0.3, 0.4) is 0 Å². The SMILES string of the molecule is C1CN1.C1CON1.C1CSCS1.C1NN1.C1NO1.O=S.OC1CC1. The summed E-state index contributed by atoms with van der Waals surface area (Å²) in [4.78, 5) is 8.72. The lowest BCUT2D eigenvalue weighted by Crippen LogP contribution is -2.32. The first-order valence-corrected chi connectivity index (χ1v) is 10.4. The van der Waals surface area contributed by atoms with Gasteiger partial charge in [0.1, 0.15) is 6.73 Å². The molecule has 0 spiro atoms. The summed E-state index contributed by atoms with van der Waals surface area (Å²) < 4.78 is 7.83. The maximum absolute atomic E-state index is 8.17. The molecule has 5 saturated heterocycles. The van der Waals surface area contributed by atoms with E-state index in [2.05, 4.69) is 49.3 Å². The molecule has 6 aliphatic rings. The highest BCUT2D eigenvalue weighted by molar-refractivity contribution is 8.19. The molecule has 9 nitrogen and oxygen atoms in total. The first-order valence-electron chi connectivity index (χ1n) is 7.75. The standard InChI is InChI=1S/C3H6O.C3H6S2.C2H5NO.C2H5N.CH4N2.CH3NO.OS/c4-3-1-2-3;1-2-5-3-4-1;1-2-4-3-1;3*1-2-3-1;1-2/h3-4H,1-2H2;1-3H2;3H,1-2H2;3H,1-2H2;2-3H,1H2;2H,1H2;. The Balaban J connectivity index is 0.000000262. The molecule has 6 N–H and O–H groups in total. The largest absolute Gasteiger partial charge is 0.393 e. The van der Waals surface area contributed by atoms with Crippen LogP contribution in [0, 0.1) is 0 Å². The molecule has 0 radical (unpaired) electrons. The van der Waals surface area contributed by atoms with Crippen LogP contribution >= 0.6 is 23.5 Å². The fourth-order valence-electron chi connectivity index (χ4n) is 0.471. The number of nitrogens with one attached hydrogen (secondary N) is 5. The number of rotatable bonds is 0. The highest BCUT2D eigenvalue weighted by Crippen LogP contribution is 2.20. The van der Waals surface area contributed by atoms with Gasteiger partial charge in [-0.15, -0.1) is 0 Å². The molecule has 144 valence electrons. The molecule has 0 atom stereocenters. The van der Waals surface area contributed by atoms with Gasteiger partial charge in [0.05, 0.1) is 19.4 Å². The molecule has 12 heteroatoms. The first kappa shape index (κ1) is 24.4. The minimum Gasteiger partial charge on any atom is -0.393 e. The van der Waals surface area contributed by atoms with Gasteiger partial charge in [-0.3, -0.25) is 4.84 Å². The number of thioether (sulfide) groups is 2. The van der Waals surface area contributed by atoms with Crippen LogP contribution in [0.1, 0.15) is 12.8 Å². The summed E-state index contributed by atoms with van der Waals surface area (Å²) in [6.07, 6.45) is 2.17. The first-order chi connectivity index (χ1) is 11.9. The van der Waals surface area contributed by atoms with E-state index in [9.17, 15) is 0 Å². The zero-order chi connectivity index (χ0) is 17.7. The molecule has 6 fully saturated rings. The lowest BCUT2D eigenvalue weighted by molar-refractivity contribution is -0.0478. The molecule has 5 heterocycles. The zero-order valence-electron chi connectivity index (χ0n) is 13.8. The quantitative estimate of drug-likeness (QED) is 0.271. The predicted molar refractivity (Wildman–Crippen MR) is 100 cm³/mol. The summed E-state index contributed by atoms with van der Waals surface area (Å²) in [6, 6.07) is 0. The van der Waals surface area contributed by atoms with Crippen LogP contribution in [0.25, 0.3) is 0 Å². The van der Waals surface area contributed by atoms with E-state index in [1.807, 2.05) is 23.5 Å². The number of hydrazine groups is 1. The highest BCUT2D eigenvalue weighted by Gasteiger charge is 2.15. The molecule has 0 bridgehead atoms. The van der Waals surface area contributed by atoms with Crippen molar-refractivity contribution in [2.24, 2.45) is 0 Å². The maximum atomic E-state index is 8.17. The van der Waals surface area contributed by atoms with Crippen LogP contribution < -0.4 is 27.1 Å². The summed E-state index contributed by atoms with van der Waals surface area (Å²) in [6.45, 7) is 6.17. The fourth-order valence-corrected chi connectivity index (χ4v) is 2.83. The average molecular weight is 404 g/mol. The second-order valence-electron chi connectivity index (χ2n) is 4.62. The minimum atomic E-state index is 0.0833. The smallest absolute Gasteiger partial charge is 0.197 e. The number of aliphatic hydroxyl groups excluding tert-OH is 1. The van der Waals surface area contributed by atoms with E-state index in [-0.39, 0.29) is 6.10 Å². The van der Waals surface area contributed by atoms with E-state index in [1.165, 1.54) is 29.7 Å². The lowest BCUT2D eigenvalue weighted by atomic mass is 10.7. The van der Waals surface area contributed by atoms with E-state index in [1.54, 1.807) is 0 Å². The van der Waals surface area contributed by atoms with Gasteiger partial charge in [0, 0.05) is 36.2 Å². The number of hydrogen-bond acceptors (Lipinski definition) is 12. The van der Waals surface area contributed by atoms with Crippen LogP contribution in [0.5, 0.6) is 0 Å². The molecule has 0 aromatic rings. The third kappa shape index (κ3) is 43.3. The number of hydroxylamine groups is 2. The molecule has 6 rings (SSSR count). The van der Waals surface area contributed by atoms with Crippen molar-refractivity contribution in [3.05, 3.63) is 0 Å². The van der Waals surface area contributed by atoms with Crippen LogP contribution in [0.15, 0.2) is 0 Å². The molecule has 0 unspecified atom stereocenters. The van der Waals surface area contributed by atoms with E-state index < -0.39 is 0 Å². The molecular weight excluding hydrogens is 374 g/mol. The van der Waals surface area contributed by atoms with Gasteiger partial charge in [-0.05, 0) is 12.8 Å². The normalized spacial score (nSPS) is 22.5. The Kier molecular flexibility index (Phi) is 21.8. The van der Waals surface area contributed by atoms with E-state index in [4.69, 9.17) is 9.32 Å². The molecule has 0 aromatic heterocycles. The maximum Gasteiger partial charge on any atom is 0.197 e. The summed E-state index contributed by atoms with van der Waals surface area (Å²) in [5.74, 6) is 2.76. The predicted octanol–water partition coefficient (Wildman–Crippen LogP) is -1.13. The lowest BCUT2D eigenvalue weighted by Gasteiger charge is -2.10. The third-order valence-corrected chi connectivity index (χ3v) is 4.64. The third-order valence-electron chi connectivity index (χ3n) is 2.06. The average Bonchev–Trinajstić information content (AvgIpc) is 3.43. The van der Waals surface area contributed by atoms with Crippen LogP contribution in [0.2, 0.25) is 0 Å². The van der Waals surface area contributed by atoms with Crippen LogP contribution in [-0.4, -0.2) is 71.7 Å². The number of hydrogen-bond donors (Lipinski definition) is 6. The molecule has 0 aromatic carbocycles. The van der Waals surface area contributed by atoms with Gasteiger partial charge < -0.3 is 15.3 Å². The fraction of sp³-hybridized carbons (Fsp3) is 1.00. The Morgan fingerprint density at radius 2 is 1.29 bits per heavy atom. The molecular formula is C12H29N5O4S3. The Labute approximate surface area is 157 Å². The van der Waals surface area contributed by atoms with Crippen molar-refractivity contribution in [2.75, 3.05) is 56.2 Å².